The summed E-state index contributed by atoms with van der Waals surface area (Å²) in [5, 5.41) is 6.32. The molecule has 0 aromatic carbocycles. The van der Waals surface area contributed by atoms with Gasteiger partial charge in [-0.05, 0) is 38.6 Å². The van der Waals surface area contributed by atoms with Crippen LogP contribution in [0.4, 0.5) is 0 Å². The molecule has 2 atom stereocenters. The summed E-state index contributed by atoms with van der Waals surface area (Å²) in [5.74, 6) is 0.707. The molecule has 0 aromatic heterocycles. The second-order valence-electron chi connectivity index (χ2n) is 5.28. The minimum Gasteiger partial charge on any atom is -0.381 e. The Morgan fingerprint density at radius 2 is 2.41 bits per heavy atom. The molecule has 0 aromatic rings. The van der Waals surface area contributed by atoms with Crippen LogP contribution in [-0.2, 0) is 9.53 Å². The first-order valence-electron chi connectivity index (χ1n) is 6.27. The number of carbonyl (C=O) groups excluding carboxylic acids is 1. The number of rotatable bonds is 3. The lowest BCUT2D eigenvalue weighted by Crippen LogP contribution is -2.43. The van der Waals surface area contributed by atoms with Crippen LogP contribution < -0.4 is 10.6 Å². The summed E-state index contributed by atoms with van der Waals surface area (Å²) in [7, 11) is 0. The minimum atomic E-state index is -0.199. The molecule has 5 heteroatoms. The largest absolute Gasteiger partial charge is 0.381 e. The molecule has 2 aliphatic rings. The van der Waals surface area contributed by atoms with Gasteiger partial charge in [0, 0.05) is 19.7 Å². The van der Waals surface area contributed by atoms with E-state index in [2.05, 4.69) is 10.6 Å². The van der Waals surface area contributed by atoms with Gasteiger partial charge in [0.15, 0.2) is 0 Å². The molecule has 2 fully saturated rings. The Morgan fingerprint density at radius 1 is 1.59 bits per heavy atom. The molecule has 2 heterocycles. The van der Waals surface area contributed by atoms with Gasteiger partial charge < -0.3 is 15.4 Å². The van der Waals surface area contributed by atoms with Gasteiger partial charge >= 0.3 is 0 Å². The van der Waals surface area contributed by atoms with E-state index >= 15 is 0 Å². The van der Waals surface area contributed by atoms with Crippen molar-refractivity contribution in [1.82, 2.24) is 10.6 Å². The van der Waals surface area contributed by atoms with Gasteiger partial charge in [-0.25, -0.2) is 0 Å². The SMILES string of the molecule is CC1(C(=O)NCC2CCCOC2)CCNC1.Cl. The van der Waals surface area contributed by atoms with Gasteiger partial charge in [0.2, 0.25) is 5.91 Å². The lowest BCUT2D eigenvalue weighted by Gasteiger charge is -2.26. The van der Waals surface area contributed by atoms with Crippen LogP contribution in [0.1, 0.15) is 26.2 Å². The van der Waals surface area contributed by atoms with Crippen LogP contribution in [0.2, 0.25) is 0 Å². The normalized spacial score (nSPS) is 32.9. The third-order valence-corrected chi connectivity index (χ3v) is 3.72. The van der Waals surface area contributed by atoms with Crippen molar-refractivity contribution in [2.45, 2.75) is 26.2 Å². The third-order valence-electron chi connectivity index (χ3n) is 3.72. The summed E-state index contributed by atoms with van der Waals surface area (Å²) in [6, 6.07) is 0. The Morgan fingerprint density at radius 3 is 3.00 bits per heavy atom. The summed E-state index contributed by atoms with van der Waals surface area (Å²) in [6.45, 7) is 6.26. The first kappa shape index (κ1) is 14.7. The van der Waals surface area contributed by atoms with Crippen molar-refractivity contribution in [3.63, 3.8) is 0 Å². The predicted octanol–water partition coefficient (Wildman–Crippen LogP) is 0.951. The highest BCUT2D eigenvalue weighted by molar-refractivity contribution is 5.85. The van der Waals surface area contributed by atoms with Crippen molar-refractivity contribution in [1.29, 1.82) is 0 Å². The quantitative estimate of drug-likeness (QED) is 0.796. The van der Waals surface area contributed by atoms with Crippen molar-refractivity contribution in [2.24, 2.45) is 11.3 Å². The number of nitrogens with one attached hydrogen (secondary N) is 2. The molecule has 0 bridgehead atoms. The Hall–Kier alpha value is -0.320. The molecule has 0 spiro atoms. The van der Waals surface area contributed by atoms with Crippen LogP contribution in [0.15, 0.2) is 0 Å². The van der Waals surface area contributed by atoms with E-state index in [0.717, 1.165) is 45.7 Å². The zero-order chi connectivity index (χ0) is 11.4. The van der Waals surface area contributed by atoms with Gasteiger partial charge in [-0.15, -0.1) is 12.4 Å². The lowest BCUT2D eigenvalue weighted by molar-refractivity contribution is -0.129. The molecule has 100 valence electrons. The van der Waals surface area contributed by atoms with E-state index in [1.54, 1.807) is 0 Å². The van der Waals surface area contributed by atoms with Crippen molar-refractivity contribution >= 4 is 18.3 Å². The number of ether oxygens (including phenoxy) is 1. The number of halogens is 1. The predicted molar refractivity (Wildman–Crippen MR) is 69.4 cm³/mol. The fraction of sp³-hybridized carbons (Fsp3) is 0.917. The summed E-state index contributed by atoms with van der Waals surface area (Å²) < 4.78 is 5.40. The molecule has 2 N–H and O–H groups in total. The highest BCUT2D eigenvalue weighted by Crippen LogP contribution is 2.24. The summed E-state index contributed by atoms with van der Waals surface area (Å²) in [4.78, 5) is 12.0. The lowest BCUT2D eigenvalue weighted by atomic mass is 9.88. The topological polar surface area (TPSA) is 50.4 Å². The van der Waals surface area contributed by atoms with Crippen LogP contribution in [0.5, 0.6) is 0 Å². The molecule has 2 rings (SSSR count). The van der Waals surface area contributed by atoms with Crippen molar-refractivity contribution in [2.75, 3.05) is 32.8 Å². The average molecular weight is 263 g/mol. The number of hydrogen-bond acceptors (Lipinski definition) is 3. The Bertz CT molecular complexity index is 249. The summed E-state index contributed by atoms with van der Waals surface area (Å²) in [5.41, 5.74) is -0.199. The van der Waals surface area contributed by atoms with Gasteiger partial charge in [-0.1, -0.05) is 0 Å². The zero-order valence-electron chi connectivity index (χ0n) is 10.5. The van der Waals surface area contributed by atoms with E-state index < -0.39 is 0 Å². The first-order valence-corrected chi connectivity index (χ1v) is 6.27. The molecule has 2 aliphatic heterocycles. The van der Waals surface area contributed by atoms with Gasteiger partial charge in [-0.2, -0.15) is 0 Å². The Labute approximate surface area is 109 Å². The molecule has 0 saturated carbocycles. The van der Waals surface area contributed by atoms with Crippen LogP contribution in [0.25, 0.3) is 0 Å². The summed E-state index contributed by atoms with van der Waals surface area (Å²) >= 11 is 0. The number of carbonyl (C=O) groups is 1. The van der Waals surface area contributed by atoms with Gasteiger partial charge in [0.1, 0.15) is 0 Å². The van der Waals surface area contributed by atoms with Crippen LogP contribution in [-0.4, -0.2) is 38.8 Å². The number of hydrogen-bond donors (Lipinski definition) is 2. The maximum Gasteiger partial charge on any atom is 0.227 e. The zero-order valence-corrected chi connectivity index (χ0v) is 11.3. The van der Waals surface area contributed by atoms with Crippen molar-refractivity contribution in [3.05, 3.63) is 0 Å². The molecule has 4 nitrogen and oxygen atoms in total. The van der Waals surface area contributed by atoms with E-state index in [-0.39, 0.29) is 23.7 Å². The minimum absolute atomic E-state index is 0. The third kappa shape index (κ3) is 3.83. The average Bonchev–Trinajstić information content (AvgIpc) is 2.76. The molecule has 0 aliphatic carbocycles. The molecule has 0 radical (unpaired) electrons. The van der Waals surface area contributed by atoms with Crippen molar-refractivity contribution < 1.29 is 9.53 Å². The molecule has 2 unspecified atom stereocenters. The van der Waals surface area contributed by atoms with Crippen LogP contribution in [0.3, 0.4) is 0 Å². The maximum absolute atomic E-state index is 12.0. The standard InChI is InChI=1S/C12H22N2O2.ClH/c1-12(4-5-13-9-12)11(15)14-7-10-3-2-6-16-8-10;/h10,13H,2-9H2,1H3,(H,14,15);1H. The molecule has 17 heavy (non-hydrogen) atoms. The van der Waals surface area contributed by atoms with Gasteiger partial charge in [-0.3, -0.25) is 4.79 Å². The van der Waals surface area contributed by atoms with E-state index in [9.17, 15) is 4.79 Å². The fourth-order valence-electron chi connectivity index (χ4n) is 2.43. The van der Waals surface area contributed by atoms with Gasteiger partial charge in [0.05, 0.1) is 12.0 Å². The van der Waals surface area contributed by atoms with Crippen molar-refractivity contribution in [3.8, 4) is 0 Å². The highest BCUT2D eigenvalue weighted by atomic mass is 35.5. The molecular formula is C12H23ClN2O2. The van der Waals surface area contributed by atoms with Crippen LogP contribution in [0, 0.1) is 11.3 Å². The van der Waals surface area contributed by atoms with E-state index in [1.807, 2.05) is 6.92 Å². The highest BCUT2D eigenvalue weighted by Gasteiger charge is 2.36. The summed E-state index contributed by atoms with van der Waals surface area (Å²) in [6.07, 6.45) is 3.24. The monoisotopic (exact) mass is 262 g/mol. The van der Waals surface area contributed by atoms with E-state index in [1.165, 1.54) is 6.42 Å². The number of amides is 1. The molecule has 2 saturated heterocycles. The fourth-order valence-corrected chi connectivity index (χ4v) is 2.43. The Balaban J connectivity index is 0.00000144. The smallest absolute Gasteiger partial charge is 0.227 e. The second kappa shape index (κ2) is 6.57. The Kier molecular flexibility index (Phi) is 5.70. The molecule has 1 amide bonds. The van der Waals surface area contributed by atoms with E-state index in [0.29, 0.717) is 5.92 Å². The molecular weight excluding hydrogens is 240 g/mol. The second-order valence-corrected chi connectivity index (χ2v) is 5.28. The van der Waals surface area contributed by atoms with E-state index in [4.69, 9.17) is 4.74 Å². The van der Waals surface area contributed by atoms with Gasteiger partial charge in [0.25, 0.3) is 0 Å². The first-order chi connectivity index (χ1) is 7.71. The maximum atomic E-state index is 12.0. The van der Waals surface area contributed by atoms with Crippen LogP contribution >= 0.6 is 12.4 Å².